The van der Waals surface area contributed by atoms with Crippen LogP contribution in [-0.2, 0) is 6.54 Å². The van der Waals surface area contributed by atoms with Crippen LogP contribution in [0.1, 0.15) is 11.1 Å². The van der Waals surface area contributed by atoms with Crippen LogP contribution in [0.15, 0.2) is 36.8 Å². The number of hydrogen-bond donors (Lipinski definition) is 2. The van der Waals surface area contributed by atoms with E-state index in [1.807, 2.05) is 13.0 Å². The number of aromatic nitrogens is 2. The first-order valence-corrected chi connectivity index (χ1v) is 6.14. The SMILES string of the molecule is COc1ncccc1CNC(=O)Nc1ccncc1C. The number of nitrogens with one attached hydrogen (secondary N) is 2. The number of anilines is 1. The molecule has 2 aromatic rings. The summed E-state index contributed by atoms with van der Waals surface area (Å²) in [6, 6.07) is 5.11. The number of carbonyl (C=O) groups is 1. The van der Waals surface area contributed by atoms with Crippen LogP contribution < -0.4 is 15.4 Å². The number of methoxy groups -OCH3 is 1. The van der Waals surface area contributed by atoms with Crippen molar-refractivity contribution in [3.63, 3.8) is 0 Å². The number of amides is 2. The number of rotatable bonds is 4. The van der Waals surface area contributed by atoms with Gasteiger partial charge in [0.1, 0.15) is 0 Å². The maximum atomic E-state index is 11.8. The van der Waals surface area contributed by atoms with Gasteiger partial charge in [-0.1, -0.05) is 6.07 Å². The van der Waals surface area contributed by atoms with E-state index in [1.165, 1.54) is 0 Å². The molecule has 0 bridgehead atoms. The predicted molar refractivity (Wildman–Crippen MR) is 75.6 cm³/mol. The highest BCUT2D eigenvalue weighted by Gasteiger charge is 2.07. The second-order valence-electron chi connectivity index (χ2n) is 4.17. The molecule has 20 heavy (non-hydrogen) atoms. The van der Waals surface area contributed by atoms with Crippen molar-refractivity contribution in [2.45, 2.75) is 13.5 Å². The van der Waals surface area contributed by atoms with Gasteiger partial charge in [0, 0.05) is 36.4 Å². The molecule has 0 spiro atoms. The van der Waals surface area contributed by atoms with Crippen molar-refractivity contribution >= 4 is 11.7 Å². The molecule has 0 aliphatic carbocycles. The molecule has 0 aliphatic heterocycles. The summed E-state index contributed by atoms with van der Waals surface area (Å²) < 4.78 is 5.12. The van der Waals surface area contributed by atoms with E-state index in [0.29, 0.717) is 12.4 Å². The van der Waals surface area contributed by atoms with Gasteiger partial charge in [0.25, 0.3) is 0 Å². The summed E-state index contributed by atoms with van der Waals surface area (Å²) in [7, 11) is 1.55. The van der Waals surface area contributed by atoms with Gasteiger partial charge >= 0.3 is 6.03 Å². The van der Waals surface area contributed by atoms with E-state index in [1.54, 1.807) is 37.8 Å². The minimum Gasteiger partial charge on any atom is -0.481 e. The third-order valence-corrected chi connectivity index (χ3v) is 2.75. The number of aryl methyl sites for hydroxylation is 1. The number of urea groups is 1. The minimum atomic E-state index is -0.287. The molecule has 2 rings (SSSR count). The van der Waals surface area contributed by atoms with E-state index >= 15 is 0 Å². The molecule has 2 heterocycles. The smallest absolute Gasteiger partial charge is 0.319 e. The zero-order valence-corrected chi connectivity index (χ0v) is 11.4. The normalized spacial score (nSPS) is 9.90. The van der Waals surface area contributed by atoms with Gasteiger partial charge in [0.05, 0.1) is 7.11 Å². The van der Waals surface area contributed by atoms with Crippen LogP contribution in [-0.4, -0.2) is 23.1 Å². The first-order chi connectivity index (χ1) is 9.70. The molecule has 6 heteroatoms. The van der Waals surface area contributed by atoms with Gasteiger partial charge in [-0.2, -0.15) is 0 Å². The number of hydrogen-bond acceptors (Lipinski definition) is 4. The van der Waals surface area contributed by atoms with E-state index in [-0.39, 0.29) is 6.03 Å². The molecule has 0 fully saturated rings. The van der Waals surface area contributed by atoms with Crippen LogP contribution in [0.25, 0.3) is 0 Å². The van der Waals surface area contributed by atoms with Crippen molar-refractivity contribution in [2.75, 3.05) is 12.4 Å². The molecule has 2 N–H and O–H groups in total. The Morgan fingerprint density at radius 1 is 1.35 bits per heavy atom. The standard InChI is InChI=1S/C14H16N4O2/c1-10-8-15-7-5-12(10)18-14(19)17-9-11-4-3-6-16-13(11)20-2/h3-8H,9H2,1-2H3,(H2,15,17,18,19). The van der Waals surface area contributed by atoms with E-state index in [2.05, 4.69) is 20.6 Å². The summed E-state index contributed by atoms with van der Waals surface area (Å²) in [6.07, 6.45) is 4.97. The molecular weight excluding hydrogens is 256 g/mol. The number of nitrogens with zero attached hydrogens (tertiary/aromatic N) is 2. The average molecular weight is 272 g/mol. The first-order valence-electron chi connectivity index (χ1n) is 6.14. The first kappa shape index (κ1) is 13.8. The Balaban J connectivity index is 1.94. The van der Waals surface area contributed by atoms with Crippen molar-refractivity contribution in [3.8, 4) is 5.88 Å². The van der Waals surface area contributed by atoms with E-state index < -0.39 is 0 Å². The lowest BCUT2D eigenvalue weighted by Crippen LogP contribution is -2.28. The summed E-state index contributed by atoms with van der Waals surface area (Å²) in [5.41, 5.74) is 2.45. The van der Waals surface area contributed by atoms with Crippen molar-refractivity contribution in [2.24, 2.45) is 0 Å². The van der Waals surface area contributed by atoms with Crippen molar-refractivity contribution in [3.05, 3.63) is 47.9 Å². The van der Waals surface area contributed by atoms with Crippen LogP contribution in [0, 0.1) is 6.92 Å². The highest BCUT2D eigenvalue weighted by molar-refractivity contribution is 5.89. The van der Waals surface area contributed by atoms with Crippen molar-refractivity contribution < 1.29 is 9.53 Å². The summed E-state index contributed by atoms with van der Waals surface area (Å²) in [5.74, 6) is 0.507. The van der Waals surface area contributed by atoms with Crippen molar-refractivity contribution in [1.82, 2.24) is 15.3 Å². The summed E-state index contributed by atoms with van der Waals surface area (Å²) in [6.45, 7) is 2.22. The maximum absolute atomic E-state index is 11.8. The lowest BCUT2D eigenvalue weighted by atomic mass is 10.2. The minimum absolute atomic E-state index is 0.287. The van der Waals surface area contributed by atoms with Gasteiger partial charge in [0.2, 0.25) is 5.88 Å². The molecule has 2 amide bonds. The number of pyridine rings is 2. The summed E-state index contributed by atoms with van der Waals surface area (Å²) >= 11 is 0. The summed E-state index contributed by atoms with van der Waals surface area (Å²) in [5, 5.41) is 5.53. The van der Waals surface area contributed by atoms with Gasteiger partial charge < -0.3 is 15.4 Å². The topological polar surface area (TPSA) is 76.1 Å². The molecule has 6 nitrogen and oxygen atoms in total. The second-order valence-corrected chi connectivity index (χ2v) is 4.17. The molecule has 0 saturated carbocycles. The number of carbonyl (C=O) groups excluding carboxylic acids is 1. The van der Waals surface area contributed by atoms with Crippen LogP contribution in [0.5, 0.6) is 5.88 Å². The lowest BCUT2D eigenvalue weighted by molar-refractivity contribution is 0.251. The predicted octanol–water partition coefficient (Wildman–Crippen LogP) is 2.12. The zero-order valence-electron chi connectivity index (χ0n) is 11.4. The van der Waals surface area contributed by atoms with Crippen molar-refractivity contribution in [1.29, 1.82) is 0 Å². The monoisotopic (exact) mass is 272 g/mol. The molecule has 0 atom stereocenters. The van der Waals surface area contributed by atoms with Gasteiger partial charge in [-0.3, -0.25) is 4.98 Å². The molecule has 0 saturated heterocycles. The molecule has 0 radical (unpaired) electrons. The fourth-order valence-corrected chi connectivity index (χ4v) is 1.70. The number of ether oxygens (including phenoxy) is 1. The van der Waals surface area contributed by atoms with Crippen LogP contribution in [0.2, 0.25) is 0 Å². The zero-order chi connectivity index (χ0) is 14.4. The molecule has 104 valence electrons. The molecule has 2 aromatic heterocycles. The molecule has 0 aliphatic rings. The maximum Gasteiger partial charge on any atom is 0.319 e. The van der Waals surface area contributed by atoms with Gasteiger partial charge in [-0.15, -0.1) is 0 Å². The van der Waals surface area contributed by atoms with Crippen LogP contribution >= 0.6 is 0 Å². The van der Waals surface area contributed by atoms with E-state index in [9.17, 15) is 4.79 Å². The van der Waals surface area contributed by atoms with E-state index in [4.69, 9.17) is 4.74 Å². The van der Waals surface area contributed by atoms with E-state index in [0.717, 1.165) is 16.8 Å². The Hall–Kier alpha value is -2.63. The second kappa shape index (κ2) is 6.51. The molecular formula is C14H16N4O2. The van der Waals surface area contributed by atoms with Gasteiger partial charge in [0.15, 0.2) is 0 Å². The molecule has 0 aromatic carbocycles. The highest BCUT2D eigenvalue weighted by atomic mass is 16.5. The Kier molecular flexibility index (Phi) is 4.49. The third kappa shape index (κ3) is 3.44. The fraction of sp³-hybridized carbons (Fsp3) is 0.214. The van der Waals surface area contributed by atoms with Crippen LogP contribution in [0.3, 0.4) is 0 Å². The molecule has 0 unspecified atom stereocenters. The Bertz CT molecular complexity index is 601. The van der Waals surface area contributed by atoms with Gasteiger partial charge in [-0.25, -0.2) is 9.78 Å². The Morgan fingerprint density at radius 3 is 2.95 bits per heavy atom. The Morgan fingerprint density at radius 2 is 2.20 bits per heavy atom. The highest BCUT2D eigenvalue weighted by Crippen LogP contribution is 2.14. The van der Waals surface area contributed by atoms with Gasteiger partial charge in [-0.05, 0) is 24.6 Å². The third-order valence-electron chi connectivity index (χ3n) is 2.75. The van der Waals surface area contributed by atoms with Crippen LogP contribution in [0.4, 0.5) is 10.5 Å². The summed E-state index contributed by atoms with van der Waals surface area (Å²) in [4.78, 5) is 19.9. The average Bonchev–Trinajstić information content (AvgIpc) is 2.48. The fourth-order valence-electron chi connectivity index (χ4n) is 1.70. The largest absolute Gasteiger partial charge is 0.481 e. The quantitative estimate of drug-likeness (QED) is 0.893. The Labute approximate surface area is 117 Å². The lowest BCUT2D eigenvalue weighted by Gasteiger charge is -2.10.